The second-order valence-corrected chi connectivity index (χ2v) is 8.67. The Morgan fingerprint density at radius 1 is 1.29 bits per heavy atom. The Bertz CT molecular complexity index is 760. The van der Waals surface area contributed by atoms with Gasteiger partial charge in [-0.15, -0.1) is 11.8 Å². The van der Waals surface area contributed by atoms with Crippen LogP contribution in [0.5, 0.6) is 5.75 Å². The van der Waals surface area contributed by atoms with E-state index in [1.165, 1.54) is 17.8 Å². The van der Waals surface area contributed by atoms with Crippen LogP contribution < -0.4 is 9.64 Å². The predicted molar refractivity (Wildman–Crippen MR) is 111 cm³/mol. The molecule has 5 nitrogen and oxygen atoms in total. The van der Waals surface area contributed by atoms with Gasteiger partial charge in [0.25, 0.3) is 0 Å². The summed E-state index contributed by atoms with van der Waals surface area (Å²) in [5, 5.41) is 4.06. The Hall–Kier alpha value is -1.76. The van der Waals surface area contributed by atoms with Gasteiger partial charge in [-0.2, -0.15) is 4.98 Å². The normalized spacial score (nSPS) is 16.6. The summed E-state index contributed by atoms with van der Waals surface area (Å²) in [6.07, 6.45) is 5.05. The maximum absolute atomic E-state index is 13.8. The first-order valence-corrected chi connectivity index (χ1v) is 11.2. The van der Waals surface area contributed by atoms with Gasteiger partial charge in [0.2, 0.25) is 0 Å². The lowest BCUT2D eigenvalue weighted by Gasteiger charge is -2.33. The first kappa shape index (κ1) is 21.0. The smallest absolute Gasteiger partial charge is 0.324 e. The fourth-order valence-corrected chi connectivity index (χ4v) is 4.04. The number of piperidine rings is 1. The molecule has 0 amide bonds. The summed E-state index contributed by atoms with van der Waals surface area (Å²) in [5.41, 5.74) is 0. The quantitative estimate of drug-likeness (QED) is 0.548. The lowest BCUT2D eigenvalue weighted by molar-refractivity contribution is 0.220. The van der Waals surface area contributed by atoms with Crippen molar-refractivity contribution < 1.29 is 13.7 Å². The average Bonchev–Trinajstić information content (AvgIpc) is 3.19. The summed E-state index contributed by atoms with van der Waals surface area (Å²) in [5.74, 6) is 2.65. The second kappa shape index (κ2) is 9.63. The number of nitrogens with zero attached hydrogens (tertiary/aromatic N) is 3. The van der Waals surface area contributed by atoms with Crippen molar-refractivity contribution in [2.24, 2.45) is 11.8 Å². The minimum Gasteiger partial charge on any atom is -0.493 e. The third kappa shape index (κ3) is 5.19. The van der Waals surface area contributed by atoms with Gasteiger partial charge in [-0.25, -0.2) is 4.39 Å². The van der Waals surface area contributed by atoms with Crippen molar-refractivity contribution >= 4 is 17.8 Å². The van der Waals surface area contributed by atoms with Crippen LogP contribution in [0.25, 0.3) is 0 Å². The highest BCUT2D eigenvalue weighted by Crippen LogP contribution is 2.30. The Balaban J connectivity index is 1.42. The predicted octanol–water partition coefficient (Wildman–Crippen LogP) is 5.38. The number of benzene rings is 1. The van der Waals surface area contributed by atoms with E-state index in [-0.39, 0.29) is 11.7 Å². The molecule has 0 N–H and O–H groups in total. The average molecular weight is 408 g/mol. The number of hydrogen-bond acceptors (Lipinski definition) is 6. The number of rotatable bonds is 8. The molecule has 1 saturated heterocycles. The van der Waals surface area contributed by atoms with Crippen LogP contribution in [0.4, 0.5) is 10.4 Å². The van der Waals surface area contributed by atoms with Crippen LogP contribution in [0.2, 0.25) is 0 Å². The molecule has 1 aromatic carbocycles. The van der Waals surface area contributed by atoms with E-state index in [0.29, 0.717) is 35.1 Å². The molecule has 2 heterocycles. The summed E-state index contributed by atoms with van der Waals surface area (Å²) in [6, 6.07) is 5.74. The van der Waals surface area contributed by atoms with E-state index in [2.05, 4.69) is 35.8 Å². The Morgan fingerprint density at radius 2 is 2.04 bits per heavy atom. The molecule has 0 saturated carbocycles. The Labute approximate surface area is 171 Å². The first-order valence-electron chi connectivity index (χ1n) is 10.0. The number of hydrogen-bond donors (Lipinski definition) is 0. The summed E-state index contributed by atoms with van der Waals surface area (Å²) < 4.78 is 25.0. The molecule has 1 aliphatic rings. The van der Waals surface area contributed by atoms with Crippen molar-refractivity contribution in [2.75, 3.05) is 30.9 Å². The molecule has 154 valence electrons. The summed E-state index contributed by atoms with van der Waals surface area (Å²) in [4.78, 5) is 7.34. The number of thioether (sulfide) groups is 1. The van der Waals surface area contributed by atoms with Gasteiger partial charge in [0.15, 0.2) is 5.82 Å². The van der Waals surface area contributed by atoms with Gasteiger partial charge in [0.1, 0.15) is 11.6 Å². The van der Waals surface area contributed by atoms with Gasteiger partial charge < -0.3 is 14.2 Å². The molecular formula is C21H30FN3O2S. The number of ether oxygens (including phenoxy) is 1. The zero-order valence-electron chi connectivity index (χ0n) is 17.2. The SMILES string of the molecule is CSc1ccc(OCCC(C)C2CCN(c3nc(C(C)C)no3)CC2)cc1F. The third-order valence-corrected chi connectivity index (χ3v) is 6.30. The minimum atomic E-state index is -0.216. The summed E-state index contributed by atoms with van der Waals surface area (Å²) in [6.45, 7) is 8.91. The molecule has 7 heteroatoms. The van der Waals surface area contributed by atoms with E-state index >= 15 is 0 Å². The van der Waals surface area contributed by atoms with E-state index in [0.717, 1.165) is 38.2 Å². The summed E-state index contributed by atoms with van der Waals surface area (Å²) in [7, 11) is 0. The zero-order chi connectivity index (χ0) is 20.1. The standard InChI is InChI=1S/C21H30FN3O2S/c1-14(2)20-23-21(27-24-20)25-10-7-16(8-11-25)15(3)9-12-26-17-5-6-19(28-4)18(22)13-17/h5-6,13-16H,7-12H2,1-4H3. The topological polar surface area (TPSA) is 51.4 Å². The molecule has 0 bridgehead atoms. The maximum Gasteiger partial charge on any atom is 0.324 e. The largest absolute Gasteiger partial charge is 0.493 e. The third-order valence-electron chi connectivity index (χ3n) is 5.53. The molecule has 28 heavy (non-hydrogen) atoms. The first-order chi connectivity index (χ1) is 13.5. The molecule has 2 aromatic rings. The molecule has 1 aromatic heterocycles. The van der Waals surface area contributed by atoms with E-state index in [1.54, 1.807) is 6.07 Å². The van der Waals surface area contributed by atoms with Crippen LogP contribution in [0, 0.1) is 17.7 Å². The molecule has 1 unspecified atom stereocenters. The van der Waals surface area contributed by atoms with E-state index in [1.807, 2.05) is 12.3 Å². The Kier molecular flexibility index (Phi) is 7.21. The van der Waals surface area contributed by atoms with E-state index in [9.17, 15) is 4.39 Å². The van der Waals surface area contributed by atoms with E-state index in [4.69, 9.17) is 9.26 Å². The second-order valence-electron chi connectivity index (χ2n) is 7.83. The molecule has 0 radical (unpaired) electrons. The number of anilines is 1. The molecule has 3 rings (SSSR count). The number of halogens is 1. The van der Waals surface area contributed by atoms with Gasteiger partial charge in [-0.05, 0) is 49.5 Å². The molecular weight excluding hydrogens is 377 g/mol. The van der Waals surface area contributed by atoms with Crippen molar-refractivity contribution in [3.05, 3.63) is 29.8 Å². The summed E-state index contributed by atoms with van der Waals surface area (Å²) >= 11 is 1.40. The van der Waals surface area contributed by atoms with Gasteiger partial charge in [-0.3, -0.25) is 0 Å². The van der Waals surface area contributed by atoms with Crippen molar-refractivity contribution in [2.45, 2.75) is 50.8 Å². The van der Waals surface area contributed by atoms with Crippen LogP contribution in [0.3, 0.4) is 0 Å². The van der Waals surface area contributed by atoms with Crippen LogP contribution in [0.15, 0.2) is 27.6 Å². The van der Waals surface area contributed by atoms with Crippen molar-refractivity contribution in [1.82, 2.24) is 10.1 Å². The van der Waals surface area contributed by atoms with Gasteiger partial charge in [-0.1, -0.05) is 25.9 Å². The molecule has 1 aliphatic heterocycles. The van der Waals surface area contributed by atoms with Crippen LogP contribution in [-0.2, 0) is 0 Å². The van der Waals surface area contributed by atoms with Crippen molar-refractivity contribution in [1.29, 1.82) is 0 Å². The lowest BCUT2D eigenvalue weighted by Crippen LogP contribution is -2.36. The van der Waals surface area contributed by atoms with Gasteiger partial charge in [0, 0.05) is 30.0 Å². The van der Waals surface area contributed by atoms with E-state index < -0.39 is 0 Å². The van der Waals surface area contributed by atoms with Crippen LogP contribution in [0.1, 0.15) is 51.8 Å². The van der Waals surface area contributed by atoms with Crippen LogP contribution >= 0.6 is 11.8 Å². The number of aromatic nitrogens is 2. The monoisotopic (exact) mass is 407 g/mol. The Morgan fingerprint density at radius 3 is 2.64 bits per heavy atom. The van der Waals surface area contributed by atoms with Crippen molar-refractivity contribution in [3.8, 4) is 5.75 Å². The van der Waals surface area contributed by atoms with Gasteiger partial charge in [0.05, 0.1) is 6.61 Å². The van der Waals surface area contributed by atoms with Gasteiger partial charge >= 0.3 is 6.01 Å². The fourth-order valence-electron chi connectivity index (χ4n) is 3.58. The van der Waals surface area contributed by atoms with Crippen molar-refractivity contribution in [3.63, 3.8) is 0 Å². The fraction of sp³-hybridized carbons (Fsp3) is 0.619. The molecule has 0 aliphatic carbocycles. The lowest BCUT2D eigenvalue weighted by atomic mass is 9.84. The molecule has 1 fully saturated rings. The highest BCUT2D eigenvalue weighted by molar-refractivity contribution is 7.98. The van der Waals surface area contributed by atoms with Crippen LogP contribution in [-0.4, -0.2) is 36.1 Å². The minimum absolute atomic E-state index is 0.216. The maximum atomic E-state index is 13.8. The highest BCUT2D eigenvalue weighted by Gasteiger charge is 2.26. The molecule has 1 atom stereocenters. The molecule has 0 spiro atoms. The zero-order valence-corrected chi connectivity index (χ0v) is 18.0. The highest BCUT2D eigenvalue weighted by atomic mass is 32.2.